The van der Waals surface area contributed by atoms with Crippen LogP contribution in [0.1, 0.15) is 5.89 Å². The van der Waals surface area contributed by atoms with Crippen LogP contribution >= 0.6 is 11.6 Å². The van der Waals surface area contributed by atoms with Crippen molar-refractivity contribution in [2.75, 3.05) is 0 Å². The Bertz CT molecular complexity index is 1470. The van der Waals surface area contributed by atoms with E-state index in [0.29, 0.717) is 22.3 Å². The summed E-state index contributed by atoms with van der Waals surface area (Å²) in [6, 6.07) is 11.7. The third kappa shape index (κ3) is 3.59. The molecule has 0 amide bonds. The summed E-state index contributed by atoms with van der Waals surface area (Å²) >= 11 is 5.69. The largest absolute Gasteiger partial charge is 0.337 e. The van der Waals surface area contributed by atoms with Crippen LogP contribution in [-0.4, -0.2) is 24.3 Å². The summed E-state index contributed by atoms with van der Waals surface area (Å²) in [5.41, 5.74) is 1.65. The highest BCUT2D eigenvalue weighted by atomic mass is 35.5. The first-order valence-electron chi connectivity index (χ1n) is 9.11. The standard InChI is InChI=1S/C21H12ClF2N5O2/c22-15-6-3-13(9-16(15)24)20-25-19(31-27-20)11-28-7-8-29-18(21(28)30)10-17(26-29)12-1-4-14(23)5-2-12/h1-10H,11H2. The molecule has 0 aliphatic carbocycles. The molecule has 0 spiro atoms. The van der Waals surface area contributed by atoms with Crippen molar-refractivity contribution in [2.45, 2.75) is 6.54 Å². The zero-order valence-corrected chi connectivity index (χ0v) is 16.4. The normalized spacial score (nSPS) is 11.3. The van der Waals surface area contributed by atoms with Gasteiger partial charge in [0.15, 0.2) is 0 Å². The average Bonchev–Trinajstić information content (AvgIpc) is 3.40. The predicted molar refractivity (Wildman–Crippen MR) is 109 cm³/mol. The van der Waals surface area contributed by atoms with Crippen LogP contribution in [0.2, 0.25) is 5.02 Å². The lowest BCUT2D eigenvalue weighted by molar-refractivity contribution is 0.370. The fourth-order valence-corrected chi connectivity index (χ4v) is 3.25. The summed E-state index contributed by atoms with van der Waals surface area (Å²) in [6.45, 7) is 0.0233. The molecule has 0 saturated carbocycles. The molecule has 154 valence electrons. The van der Waals surface area contributed by atoms with Gasteiger partial charge in [-0.3, -0.25) is 4.79 Å². The number of benzene rings is 2. The molecule has 0 atom stereocenters. The molecule has 0 aliphatic heterocycles. The molecule has 0 saturated heterocycles. The zero-order valence-electron chi connectivity index (χ0n) is 15.7. The second-order valence-electron chi connectivity index (χ2n) is 6.74. The number of aromatic nitrogens is 5. The van der Waals surface area contributed by atoms with Crippen LogP contribution in [0.4, 0.5) is 8.78 Å². The van der Waals surface area contributed by atoms with E-state index in [1.807, 2.05) is 0 Å². The minimum atomic E-state index is -0.593. The molecule has 2 aromatic carbocycles. The van der Waals surface area contributed by atoms with Crippen molar-refractivity contribution in [1.82, 2.24) is 24.3 Å². The third-order valence-electron chi connectivity index (χ3n) is 4.70. The Morgan fingerprint density at radius 2 is 1.77 bits per heavy atom. The Balaban J connectivity index is 1.45. The van der Waals surface area contributed by atoms with Gasteiger partial charge in [-0.15, -0.1) is 0 Å². The van der Waals surface area contributed by atoms with Crippen molar-refractivity contribution in [3.63, 3.8) is 0 Å². The highest BCUT2D eigenvalue weighted by Crippen LogP contribution is 2.22. The lowest BCUT2D eigenvalue weighted by atomic mass is 10.1. The summed E-state index contributed by atoms with van der Waals surface area (Å²) in [5.74, 6) is -0.585. The molecule has 0 radical (unpaired) electrons. The SMILES string of the molecule is O=c1c2cc(-c3ccc(F)cc3)nn2ccn1Cc1nc(-c2ccc(Cl)c(F)c2)no1. The van der Waals surface area contributed by atoms with Crippen LogP contribution in [0, 0.1) is 11.6 Å². The molecule has 0 fully saturated rings. The van der Waals surface area contributed by atoms with Gasteiger partial charge in [0.1, 0.15) is 23.7 Å². The quantitative estimate of drug-likeness (QED) is 0.419. The molecule has 3 aromatic heterocycles. The van der Waals surface area contributed by atoms with Crippen molar-refractivity contribution in [1.29, 1.82) is 0 Å². The molecule has 5 aromatic rings. The van der Waals surface area contributed by atoms with Crippen molar-refractivity contribution >= 4 is 17.1 Å². The van der Waals surface area contributed by atoms with E-state index in [1.165, 1.54) is 33.3 Å². The van der Waals surface area contributed by atoms with Crippen molar-refractivity contribution in [3.8, 4) is 22.6 Å². The lowest BCUT2D eigenvalue weighted by Crippen LogP contribution is -2.21. The summed E-state index contributed by atoms with van der Waals surface area (Å²) in [4.78, 5) is 17.1. The van der Waals surface area contributed by atoms with Crippen molar-refractivity contribution in [2.24, 2.45) is 0 Å². The van der Waals surface area contributed by atoms with Gasteiger partial charge in [-0.2, -0.15) is 10.1 Å². The van der Waals surface area contributed by atoms with E-state index in [-0.39, 0.29) is 34.7 Å². The number of hydrogen-bond acceptors (Lipinski definition) is 5. The topological polar surface area (TPSA) is 78.2 Å². The molecule has 31 heavy (non-hydrogen) atoms. The van der Waals surface area contributed by atoms with E-state index < -0.39 is 5.82 Å². The summed E-state index contributed by atoms with van der Waals surface area (Å²) in [7, 11) is 0. The number of halogens is 3. The molecular weight excluding hydrogens is 428 g/mol. The third-order valence-corrected chi connectivity index (χ3v) is 5.00. The van der Waals surface area contributed by atoms with Gasteiger partial charge in [-0.05, 0) is 48.5 Å². The second kappa shape index (κ2) is 7.44. The highest BCUT2D eigenvalue weighted by molar-refractivity contribution is 6.30. The first kappa shape index (κ1) is 19.1. The Morgan fingerprint density at radius 1 is 1.00 bits per heavy atom. The fraction of sp³-hybridized carbons (Fsp3) is 0.0476. The Hall–Kier alpha value is -3.85. The number of rotatable bonds is 4. The maximum Gasteiger partial charge on any atom is 0.277 e. The second-order valence-corrected chi connectivity index (χ2v) is 7.15. The molecule has 0 aliphatic rings. The minimum absolute atomic E-state index is 0.00635. The molecule has 5 rings (SSSR count). The zero-order chi connectivity index (χ0) is 21.5. The molecule has 0 unspecified atom stereocenters. The van der Waals surface area contributed by atoms with Gasteiger partial charge in [-0.25, -0.2) is 13.3 Å². The predicted octanol–water partition coefficient (Wildman–Crippen LogP) is 4.19. The first-order chi connectivity index (χ1) is 15.0. The van der Waals surface area contributed by atoms with E-state index >= 15 is 0 Å². The number of nitrogens with zero attached hydrogens (tertiary/aromatic N) is 5. The van der Waals surface area contributed by atoms with Gasteiger partial charge < -0.3 is 9.09 Å². The van der Waals surface area contributed by atoms with E-state index in [0.717, 1.165) is 0 Å². The van der Waals surface area contributed by atoms with Gasteiger partial charge in [0.25, 0.3) is 5.56 Å². The van der Waals surface area contributed by atoms with Gasteiger partial charge in [0.05, 0.1) is 10.7 Å². The fourth-order valence-electron chi connectivity index (χ4n) is 3.13. The summed E-state index contributed by atoms with van der Waals surface area (Å²) in [5, 5.41) is 8.19. The van der Waals surface area contributed by atoms with E-state index in [1.54, 1.807) is 36.7 Å². The Labute approximate surface area is 178 Å². The van der Waals surface area contributed by atoms with Gasteiger partial charge in [-0.1, -0.05) is 16.8 Å². The maximum atomic E-state index is 13.7. The smallest absolute Gasteiger partial charge is 0.277 e. The van der Waals surface area contributed by atoms with Crippen LogP contribution in [0.15, 0.2) is 70.2 Å². The molecule has 0 N–H and O–H groups in total. The van der Waals surface area contributed by atoms with E-state index in [4.69, 9.17) is 16.1 Å². The van der Waals surface area contributed by atoms with E-state index in [2.05, 4.69) is 15.2 Å². The minimum Gasteiger partial charge on any atom is -0.337 e. The van der Waals surface area contributed by atoms with Gasteiger partial charge >= 0.3 is 0 Å². The molecule has 3 heterocycles. The molecular formula is C21H12ClF2N5O2. The summed E-state index contributed by atoms with van der Waals surface area (Å²) in [6.07, 6.45) is 3.16. The Morgan fingerprint density at radius 3 is 2.55 bits per heavy atom. The van der Waals surface area contributed by atoms with Gasteiger partial charge in [0, 0.05) is 23.5 Å². The molecule has 0 bridgehead atoms. The van der Waals surface area contributed by atoms with Crippen molar-refractivity contribution < 1.29 is 13.3 Å². The van der Waals surface area contributed by atoms with E-state index in [9.17, 15) is 13.6 Å². The summed E-state index contributed by atoms with van der Waals surface area (Å²) < 4.78 is 34.9. The van der Waals surface area contributed by atoms with Crippen molar-refractivity contribution in [3.05, 3.63) is 93.8 Å². The first-order valence-corrected chi connectivity index (χ1v) is 9.48. The maximum absolute atomic E-state index is 13.7. The van der Waals surface area contributed by atoms with Crippen LogP contribution in [-0.2, 0) is 6.54 Å². The van der Waals surface area contributed by atoms with Crippen LogP contribution in [0.5, 0.6) is 0 Å². The Kier molecular flexibility index (Phi) is 4.59. The average molecular weight is 440 g/mol. The monoisotopic (exact) mass is 439 g/mol. The number of hydrogen-bond donors (Lipinski definition) is 0. The molecule has 7 nitrogen and oxygen atoms in total. The number of fused-ring (bicyclic) bond motifs is 1. The van der Waals surface area contributed by atoms with Crippen LogP contribution < -0.4 is 5.56 Å². The molecule has 10 heteroatoms. The van der Waals surface area contributed by atoms with Crippen LogP contribution in [0.25, 0.3) is 28.2 Å². The van der Waals surface area contributed by atoms with Gasteiger partial charge in [0.2, 0.25) is 11.7 Å². The van der Waals surface area contributed by atoms with Crippen LogP contribution in [0.3, 0.4) is 0 Å². The highest BCUT2D eigenvalue weighted by Gasteiger charge is 2.14. The lowest BCUT2D eigenvalue weighted by Gasteiger charge is -2.02.